The minimum absolute atomic E-state index is 0.199. The van der Waals surface area contributed by atoms with E-state index in [9.17, 15) is 18.0 Å². The number of nitrogens with one attached hydrogen (secondary N) is 2. The van der Waals surface area contributed by atoms with Gasteiger partial charge in [-0.2, -0.15) is 0 Å². The molecule has 0 bridgehead atoms. The maximum Gasteiger partial charge on any atom is 0.309 e. The first-order chi connectivity index (χ1) is 12.3. The summed E-state index contributed by atoms with van der Waals surface area (Å²) in [6, 6.07) is 6.42. The lowest BCUT2D eigenvalue weighted by Gasteiger charge is -2.17. The van der Waals surface area contributed by atoms with Crippen LogP contribution in [0.25, 0.3) is 0 Å². The molecule has 2 heterocycles. The largest absolute Gasteiger partial charge is 0.348 e. The van der Waals surface area contributed by atoms with Gasteiger partial charge in [0.2, 0.25) is 0 Å². The van der Waals surface area contributed by atoms with Gasteiger partial charge in [-0.25, -0.2) is 8.42 Å². The van der Waals surface area contributed by atoms with Gasteiger partial charge < -0.3 is 10.6 Å². The Hall–Kier alpha value is -2.26. The number of nitrogens with zero attached hydrogens (tertiary/aromatic N) is 1. The SMILES string of the molecule is CC(C)CNC(=O)C(=O)NC[C@@H](c1cccnc1)S(=O)(=O)c1cccs1. The van der Waals surface area contributed by atoms with Crippen molar-refractivity contribution in [3.63, 3.8) is 0 Å². The Morgan fingerprint density at radius 1 is 1.12 bits per heavy atom. The Morgan fingerprint density at radius 2 is 1.81 bits per heavy atom. The van der Waals surface area contributed by atoms with Crippen LogP contribution in [0, 0.1) is 5.92 Å². The maximum atomic E-state index is 12.9. The molecule has 0 aliphatic heterocycles. The fraction of sp³-hybridized carbons (Fsp3) is 0.353. The molecule has 0 unspecified atom stereocenters. The summed E-state index contributed by atoms with van der Waals surface area (Å²) in [6.45, 7) is 3.96. The van der Waals surface area contributed by atoms with Gasteiger partial charge in [0.15, 0.2) is 9.84 Å². The molecule has 2 aromatic rings. The molecule has 0 saturated heterocycles. The molecule has 7 nitrogen and oxygen atoms in total. The molecular weight excluding hydrogens is 374 g/mol. The van der Waals surface area contributed by atoms with Crippen molar-refractivity contribution in [1.29, 1.82) is 0 Å². The Kier molecular flexibility index (Phi) is 6.87. The van der Waals surface area contributed by atoms with E-state index in [4.69, 9.17) is 0 Å². The van der Waals surface area contributed by atoms with Crippen LogP contribution in [0.1, 0.15) is 24.7 Å². The number of aromatic nitrogens is 1. The van der Waals surface area contributed by atoms with E-state index in [-0.39, 0.29) is 16.7 Å². The van der Waals surface area contributed by atoms with Crippen LogP contribution in [0.5, 0.6) is 0 Å². The molecule has 0 spiro atoms. The van der Waals surface area contributed by atoms with Gasteiger partial charge in [-0.15, -0.1) is 11.3 Å². The van der Waals surface area contributed by atoms with E-state index in [2.05, 4.69) is 15.6 Å². The molecule has 9 heteroatoms. The number of carbonyl (C=O) groups is 2. The van der Waals surface area contributed by atoms with Crippen LogP contribution >= 0.6 is 11.3 Å². The number of carbonyl (C=O) groups excluding carboxylic acids is 2. The number of amides is 2. The third-order valence-corrected chi connectivity index (χ3v) is 7.06. The van der Waals surface area contributed by atoms with Crippen molar-refractivity contribution in [2.45, 2.75) is 23.3 Å². The Balaban J connectivity index is 2.16. The molecule has 140 valence electrons. The highest BCUT2D eigenvalue weighted by Gasteiger charge is 2.31. The second-order valence-electron chi connectivity index (χ2n) is 6.07. The van der Waals surface area contributed by atoms with Gasteiger partial charge in [0.05, 0.1) is 0 Å². The smallest absolute Gasteiger partial charge is 0.309 e. The highest BCUT2D eigenvalue weighted by atomic mass is 32.2. The number of thiophene rings is 1. The Morgan fingerprint density at radius 3 is 2.35 bits per heavy atom. The lowest BCUT2D eigenvalue weighted by molar-refractivity contribution is -0.139. The first-order valence-corrected chi connectivity index (χ1v) is 10.5. The van der Waals surface area contributed by atoms with Crippen molar-refractivity contribution in [1.82, 2.24) is 15.6 Å². The number of rotatable bonds is 7. The normalized spacial score (nSPS) is 12.6. The quantitative estimate of drug-likeness (QED) is 0.692. The average molecular weight is 396 g/mol. The molecule has 26 heavy (non-hydrogen) atoms. The van der Waals surface area contributed by atoms with Gasteiger partial charge >= 0.3 is 11.8 Å². The first kappa shape index (κ1) is 20.1. The highest BCUT2D eigenvalue weighted by Crippen LogP contribution is 2.30. The molecule has 0 saturated carbocycles. The molecule has 2 rings (SSSR count). The summed E-state index contributed by atoms with van der Waals surface area (Å²) < 4.78 is 26.0. The Labute approximate surface area is 156 Å². The monoisotopic (exact) mass is 395 g/mol. The van der Waals surface area contributed by atoms with Crippen molar-refractivity contribution in [3.8, 4) is 0 Å². The van der Waals surface area contributed by atoms with Gasteiger partial charge in [-0.1, -0.05) is 26.0 Å². The lowest BCUT2D eigenvalue weighted by Crippen LogP contribution is -2.43. The zero-order chi connectivity index (χ0) is 19.2. The third-order valence-electron chi connectivity index (χ3n) is 3.53. The van der Waals surface area contributed by atoms with Crippen molar-refractivity contribution >= 4 is 33.0 Å². The molecule has 1 atom stereocenters. The predicted octanol–water partition coefficient (Wildman–Crippen LogP) is 1.55. The minimum Gasteiger partial charge on any atom is -0.348 e. The summed E-state index contributed by atoms with van der Waals surface area (Å²) in [5.74, 6) is -1.44. The second kappa shape index (κ2) is 8.91. The summed E-state index contributed by atoms with van der Waals surface area (Å²) in [5, 5.41) is 5.56. The number of hydrogen-bond donors (Lipinski definition) is 2. The summed E-state index contributed by atoms with van der Waals surface area (Å²) in [6.07, 6.45) is 2.98. The maximum absolute atomic E-state index is 12.9. The molecule has 0 fully saturated rings. The highest BCUT2D eigenvalue weighted by molar-refractivity contribution is 7.93. The van der Waals surface area contributed by atoms with Crippen molar-refractivity contribution in [2.24, 2.45) is 5.92 Å². The molecule has 2 N–H and O–H groups in total. The van der Waals surface area contributed by atoms with Gasteiger partial charge in [0.1, 0.15) is 9.46 Å². The number of hydrogen-bond acceptors (Lipinski definition) is 6. The van der Waals surface area contributed by atoms with Gasteiger partial charge in [0.25, 0.3) is 0 Å². The molecule has 0 radical (unpaired) electrons. The van der Waals surface area contributed by atoms with E-state index in [1.54, 1.807) is 23.6 Å². The summed E-state index contributed by atoms with van der Waals surface area (Å²) >= 11 is 1.10. The van der Waals surface area contributed by atoms with E-state index < -0.39 is 26.9 Å². The van der Waals surface area contributed by atoms with Crippen LogP contribution in [0.15, 0.2) is 46.2 Å². The first-order valence-electron chi connectivity index (χ1n) is 8.05. The van der Waals surface area contributed by atoms with Gasteiger partial charge in [-0.05, 0) is 29.0 Å². The fourth-order valence-corrected chi connectivity index (χ4v) is 5.03. The summed E-state index contributed by atoms with van der Waals surface area (Å²) in [7, 11) is -3.73. The van der Waals surface area contributed by atoms with Crippen LogP contribution in [-0.2, 0) is 19.4 Å². The molecule has 2 amide bonds. The van der Waals surface area contributed by atoms with Gasteiger partial charge in [-0.3, -0.25) is 14.6 Å². The van der Waals surface area contributed by atoms with E-state index in [1.807, 2.05) is 13.8 Å². The Bertz CT molecular complexity index is 834. The van der Waals surface area contributed by atoms with Crippen molar-refractivity contribution < 1.29 is 18.0 Å². The predicted molar refractivity (Wildman–Crippen MR) is 99.3 cm³/mol. The third kappa shape index (κ3) is 5.12. The van der Waals surface area contributed by atoms with Crippen molar-refractivity contribution in [2.75, 3.05) is 13.1 Å². The second-order valence-corrected chi connectivity index (χ2v) is 9.37. The van der Waals surface area contributed by atoms with Crippen LogP contribution in [0.3, 0.4) is 0 Å². The molecule has 0 aliphatic carbocycles. The zero-order valence-corrected chi connectivity index (χ0v) is 16.1. The van der Waals surface area contributed by atoms with Crippen LogP contribution < -0.4 is 10.6 Å². The zero-order valence-electron chi connectivity index (χ0n) is 14.5. The molecular formula is C17H21N3O4S2. The average Bonchev–Trinajstić information content (AvgIpc) is 3.16. The van der Waals surface area contributed by atoms with Crippen molar-refractivity contribution in [3.05, 3.63) is 47.6 Å². The van der Waals surface area contributed by atoms with E-state index >= 15 is 0 Å². The van der Waals surface area contributed by atoms with E-state index in [1.165, 1.54) is 18.5 Å². The lowest BCUT2D eigenvalue weighted by atomic mass is 10.2. The topological polar surface area (TPSA) is 105 Å². The summed E-state index contributed by atoms with van der Waals surface area (Å²) in [5.41, 5.74) is 0.448. The fourth-order valence-electron chi connectivity index (χ4n) is 2.18. The van der Waals surface area contributed by atoms with Crippen LogP contribution in [-0.4, -0.2) is 38.3 Å². The minimum atomic E-state index is -3.73. The van der Waals surface area contributed by atoms with Gasteiger partial charge in [0, 0.05) is 25.5 Å². The molecule has 2 aromatic heterocycles. The van der Waals surface area contributed by atoms with Crippen LogP contribution in [0.4, 0.5) is 0 Å². The molecule has 0 aliphatic rings. The molecule has 0 aromatic carbocycles. The van der Waals surface area contributed by atoms with E-state index in [0.717, 1.165) is 11.3 Å². The standard InChI is InChI=1S/C17H21N3O4S2/c1-12(2)9-19-16(21)17(22)20-11-14(13-5-3-7-18-10-13)26(23,24)15-6-4-8-25-15/h3-8,10,12,14H,9,11H2,1-2H3,(H,19,21)(H,20,22)/t14-/m0/s1. The number of pyridine rings is 1. The number of sulfone groups is 1. The summed E-state index contributed by atoms with van der Waals surface area (Å²) in [4.78, 5) is 27.7. The van der Waals surface area contributed by atoms with Crippen LogP contribution in [0.2, 0.25) is 0 Å². The van der Waals surface area contributed by atoms with E-state index in [0.29, 0.717) is 12.1 Å².